The van der Waals surface area contributed by atoms with Crippen LogP contribution in [0.3, 0.4) is 0 Å². The molecule has 0 aromatic heterocycles. The smallest absolute Gasteiger partial charge is 0.241 e. The molecule has 0 aromatic carbocycles. The van der Waals surface area contributed by atoms with Crippen LogP contribution < -0.4 is 5.73 Å². The van der Waals surface area contributed by atoms with E-state index in [9.17, 15) is 4.79 Å². The highest BCUT2D eigenvalue weighted by Gasteiger charge is 1.89. The molecule has 0 aliphatic heterocycles. The molecule has 0 fully saturated rings. The first-order valence-corrected chi connectivity index (χ1v) is 2.50. The maximum absolute atomic E-state index is 10.1. The summed E-state index contributed by atoms with van der Waals surface area (Å²) >= 11 is 0. The Kier molecular flexibility index (Phi) is 3.14. The first-order chi connectivity index (χ1) is 4.16. The second kappa shape index (κ2) is 3.67. The summed E-state index contributed by atoms with van der Waals surface area (Å²) in [5, 5.41) is 8.11. The predicted octanol–water partition coefficient (Wildman–Crippen LogP) is 0.332. The zero-order valence-corrected chi connectivity index (χ0v) is 5.22. The molecule has 0 saturated carbocycles. The monoisotopic (exact) mass is 124 g/mol. The quantitative estimate of drug-likeness (QED) is 0.539. The van der Waals surface area contributed by atoms with E-state index in [1.807, 2.05) is 6.07 Å². The van der Waals surface area contributed by atoms with Gasteiger partial charge in [0.25, 0.3) is 0 Å². The standard InChI is InChI=1S/C6H8N2O/c1-5(2-3-7)4-6(8)9/h4H,2H2,1H3,(H2,8,9). The number of rotatable bonds is 2. The molecule has 0 aliphatic rings. The zero-order chi connectivity index (χ0) is 7.28. The van der Waals surface area contributed by atoms with Crippen molar-refractivity contribution in [2.75, 3.05) is 0 Å². The van der Waals surface area contributed by atoms with Crippen molar-refractivity contribution in [3.05, 3.63) is 11.6 Å². The molecule has 0 unspecified atom stereocenters. The molecule has 1 amide bonds. The fourth-order valence-electron chi connectivity index (χ4n) is 0.419. The summed E-state index contributed by atoms with van der Waals surface area (Å²) in [5.41, 5.74) is 5.50. The van der Waals surface area contributed by atoms with E-state index in [1.54, 1.807) is 6.92 Å². The molecule has 0 aromatic rings. The highest BCUT2D eigenvalue weighted by molar-refractivity contribution is 5.86. The van der Waals surface area contributed by atoms with E-state index in [2.05, 4.69) is 0 Å². The minimum Gasteiger partial charge on any atom is -0.366 e. The third-order valence-corrected chi connectivity index (χ3v) is 0.747. The first-order valence-electron chi connectivity index (χ1n) is 2.50. The van der Waals surface area contributed by atoms with Gasteiger partial charge in [-0.15, -0.1) is 0 Å². The van der Waals surface area contributed by atoms with E-state index in [1.165, 1.54) is 6.08 Å². The third kappa shape index (κ3) is 4.56. The van der Waals surface area contributed by atoms with Crippen LogP contribution in [0.2, 0.25) is 0 Å². The number of carbonyl (C=O) groups excluding carboxylic acids is 1. The Bertz CT molecular complexity index is 176. The summed E-state index contributed by atoms with van der Waals surface area (Å²) in [6.45, 7) is 1.69. The van der Waals surface area contributed by atoms with Gasteiger partial charge in [0, 0.05) is 6.08 Å². The molecule has 9 heavy (non-hydrogen) atoms. The maximum Gasteiger partial charge on any atom is 0.241 e. The molecule has 0 rings (SSSR count). The van der Waals surface area contributed by atoms with Crippen molar-refractivity contribution < 1.29 is 4.79 Å². The molecule has 0 atom stereocenters. The number of primary amides is 1. The molecule has 0 bridgehead atoms. The average molecular weight is 124 g/mol. The van der Waals surface area contributed by atoms with Crippen LogP contribution in [-0.4, -0.2) is 5.91 Å². The Hall–Kier alpha value is -1.30. The van der Waals surface area contributed by atoms with Gasteiger partial charge in [-0.2, -0.15) is 5.26 Å². The van der Waals surface area contributed by atoms with Crippen molar-refractivity contribution >= 4 is 5.91 Å². The van der Waals surface area contributed by atoms with Crippen LogP contribution in [0.25, 0.3) is 0 Å². The Morgan fingerprint density at radius 2 is 2.44 bits per heavy atom. The molecule has 48 valence electrons. The molecule has 0 radical (unpaired) electrons. The van der Waals surface area contributed by atoms with Crippen LogP contribution in [0.5, 0.6) is 0 Å². The Balaban J connectivity index is 3.88. The van der Waals surface area contributed by atoms with Gasteiger partial charge in [-0.25, -0.2) is 0 Å². The fourth-order valence-corrected chi connectivity index (χ4v) is 0.419. The van der Waals surface area contributed by atoms with Gasteiger partial charge in [0.05, 0.1) is 12.5 Å². The van der Waals surface area contributed by atoms with E-state index in [0.717, 1.165) is 0 Å². The van der Waals surface area contributed by atoms with Crippen molar-refractivity contribution in [1.29, 1.82) is 5.26 Å². The third-order valence-electron chi connectivity index (χ3n) is 0.747. The minimum atomic E-state index is -0.497. The molecular weight excluding hydrogens is 116 g/mol. The maximum atomic E-state index is 10.1. The van der Waals surface area contributed by atoms with Crippen LogP contribution in [0.15, 0.2) is 11.6 Å². The fraction of sp³-hybridized carbons (Fsp3) is 0.333. The summed E-state index contributed by atoms with van der Waals surface area (Å²) in [4.78, 5) is 10.1. The highest BCUT2D eigenvalue weighted by atomic mass is 16.1. The van der Waals surface area contributed by atoms with Crippen LogP contribution in [0.1, 0.15) is 13.3 Å². The second-order valence-electron chi connectivity index (χ2n) is 1.73. The van der Waals surface area contributed by atoms with Gasteiger partial charge in [-0.3, -0.25) is 4.79 Å². The predicted molar refractivity (Wildman–Crippen MR) is 33.2 cm³/mol. The van der Waals surface area contributed by atoms with Gasteiger partial charge in [-0.1, -0.05) is 5.57 Å². The number of nitrogens with zero attached hydrogens (tertiary/aromatic N) is 1. The number of nitriles is 1. The Labute approximate surface area is 53.8 Å². The molecule has 3 nitrogen and oxygen atoms in total. The van der Waals surface area contributed by atoms with Crippen molar-refractivity contribution in [1.82, 2.24) is 0 Å². The lowest BCUT2D eigenvalue weighted by atomic mass is 10.2. The van der Waals surface area contributed by atoms with E-state index in [4.69, 9.17) is 11.0 Å². The number of carbonyl (C=O) groups is 1. The minimum absolute atomic E-state index is 0.267. The van der Waals surface area contributed by atoms with Gasteiger partial charge >= 0.3 is 0 Å². The first kappa shape index (κ1) is 7.70. The van der Waals surface area contributed by atoms with Gasteiger partial charge < -0.3 is 5.73 Å². The second-order valence-corrected chi connectivity index (χ2v) is 1.73. The summed E-state index contributed by atoms with van der Waals surface area (Å²) < 4.78 is 0. The molecular formula is C6H8N2O. The van der Waals surface area contributed by atoms with Crippen LogP contribution in [0, 0.1) is 11.3 Å². The SMILES string of the molecule is CC(=CC(N)=O)CC#N. The van der Waals surface area contributed by atoms with E-state index in [-0.39, 0.29) is 6.42 Å². The molecule has 0 saturated heterocycles. The topological polar surface area (TPSA) is 66.9 Å². The lowest BCUT2D eigenvalue weighted by Crippen LogP contribution is -2.06. The van der Waals surface area contributed by atoms with Crippen LogP contribution >= 0.6 is 0 Å². The van der Waals surface area contributed by atoms with Crippen molar-refractivity contribution in [2.45, 2.75) is 13.3 Å². The summed E-state index contributed by atoms with van der Waals surface area (Å²) in [6.07, 6.45) is 1.52. The number of nitrogens with two attached hydrogens (primary N) is 1. The summed E-state index contributed by atoms with van der Waals surface area (Å²) in [5.74, 6) is -0.497. The summed E-state index contributed by atoms with van der Waals surface area (Å²) in [7, 11) is 0. The van der Waals surface area contributed by atoms with E-state index < -0.39 is 5.91 Å². The van der Waals surface area contributed by atoms with Gasteiger partial charge in [0.2, 0.25) is 5.91 Å². The molecule has 0 heterocycles. The van der Waals surface area contributed by atoms with Crippen molar-refractivity contribution in [2.24, 2.45) is 5.73 Å². The van der Waals surface area contributed by atoms with Crippen LogP contribution in [0.4, 0.5) is 0 Å². The van der Waals surface area contributed by atoms with Crippen LogP contribution in [-0.2, 0) is 4.79 Å². The molecule has 0 spiro atoms. The molecule has 3 heteroatoms. The number of hydrogen-bond acceptors (Lipinski definition) is 2. The largest absolute Gasteiger partial charge is 0.366 e. The highest BCUT2D eigenvalue weighted by Crippen LogP contribution is 1.95. The number of amides is 1. The van der Waals surface area contributed by atoms with E-state index in [0.29, 0.717) is 5.57 Å². The lowest BCUT2D eigenvalue weighted by molar-refractivity contribution is -0.113. The van der Waals surface area contributed by atoms with E-state index >= 15 is 0 Å². The molecule has 0 aliphatic carbocycles. The average Bonchev–Trinajstić information content (AvgIpc) is 1.63. The van der Waals surface area contributed by atoms with Gasteiger partial charge in [0.15, 0.2) is 0 Å². The van der Waals surface area contributed by atoms with Gasteiger partial charge in [0.1, 0.15) is 0 Å². The molecule has 2 N–H and O–H groups in total. The van der Waals surface area contributed by atoms with Crippen molar-refractivity contribution in [3.8, 4) is 6.07 Å². The normalized spacial score (nSPS) is 10.4. The summed E-state index contributed by atoms with van der Waals surface area (Å²) in [6, 6.07) is 1.90. The number of allylic oxidation sites excluding steroid dienone is 1. The van der Waals surface area contributed by atoms with Crippen molar-refractivity contribution in [3.63, 3.8) is 0 Å². The lowest BCUT2D eigenvalue weighted by Gasteiger charge is -1.86. The number of hydrogen-bond donors (Lipinski definition) is 1. The van der Waals surface area contributed by atoms with Gasteiger partial charge in [-0.05, 0) is 6.92 Å². The zero-order valence-electron chi connectivity index (χ0n) is 5.22. The Morgan fingerprint density at radius 3 is 2.78 bits per heavy atom. The Morgan fingerprint density at radius 1 is 1.89 bits per heavy atom.